The van der Waals surface area contributed by atoms with Crippen LogP contribution in [0.2, 0.25) is 0 Å². The number of nitrogens with one attached hydrogen (secondary N) is 1. The number of benzene rings is 1. The molecule has 3 rings (SSSR count). The fourth-order valence-electron chi connectivity index (χ4n) is 3.41. The van der Waals surface area contributed by atoms with Crippen LogP contribution in [0.4, 0.5) is 0 Å². The largest absolute Gasteiger partial charge is 0.354 e. The summed E-state index contributed by atoms with van der Waals surface area (Å²) in [5, 5.41) is 3.02. The van der Waals surface area contributed by atoms with Gasteiger partial charge in [0.2, 0.25) is 5.91 Å². The molecule has 5 nitrogen and oxygen atoms in total. The molecule has 1 fully saturated rings. The van der Waals surface area contributed by atoms with E-state index in [4.69, 9.17) is 5.73 Å². The Morgan fingerprint density at radius 2 is 2.23 bits per heavy atom. The standard InChI is InChI=1S/C17H24N4O/c1-12-20-15-7-2-3-8-16(15)21(12)10-9-19-17(22)11-13-5-4-6-14(13)18/h2-3,7-8,13-14H,4-6,9-11,18H2,1H3,(H,19,22)/t13-,14+/m0/s1. The maximum absolute atomic E-state index is 12.0. The van der Waals surface area contributed by atoms with Gasteiger partial charge < -0.3 is 15.6 Å². The molecule has 1 heterocycles. The van der Waals surface area contributed by atoms with E-state index in [2.05, 4.69) is 20.9 Å². The van der Waals surface area contributed by atoms with Gasteiger partial charge in [-0.3, -0.25) is 4.79 Å². The van der Waals surface area contributed by atoms with Gasteiger partial charge in [0.05, 0.1) is 11.0 Å². The number of carbonyl (C=O) groups is 1. The number of aryl methyl sites for hydroxylation is 1. The highest BCUT2D eigenvalue weighted by atomic mass is 16.1. The summed E-state index contributed by atoms with van der Waals surface area (Å²) in [6, 6.07) is 8.28. The van der Waals surface area contributed by atoms with E-state index in [1.807, 2.05) is 25.1 Å². The van der Waals surface area contributed by atoms with Crippen molar-refractivity contribution in [3.05, 3.63) is 30.1 Å². The van der Waals surface area contributed by atoms with Crippen LogP contribution in [0, 0.1) is 12.8 Å². The molecular weight excluding hydrogens is 276 g/mol. The van der Waals surface area contributed by atoms with Crippen LogP contribution in [0.3, 0.4) is 0 Å². The number of imidazole rings is 1. The molecule has 118 valence electrons. The zero-order valence-electron chi connectivity index (χ0n) is 13.1. The maximum Gasteiger partial charge on any atom is 0.220 e. The van der Waals surface area contributed by atoms with Crippen LogP contribution >= 0.6 is 0 Å². The number of amides is 1. The molecule has 2 aromatic rings. The van der Waals surface area contributed by atoms with Crippen molar-refractivity contribution < 1.29 is 4.79 Å². The third-order valence-corrected chi connectivity index (χ3v) is 4.67. The molecule has 0 radical (unpaired) electrons. The second kappa shape index (κ2) is 6.48. The predicted octanol–water partition coefficient (Wildman–Crippen LogP) is 1.98. The van der Waals surface area contributed by atoms with Gasteiger partial charge in [-0.2, -0.15) is 0 Å². The summed E-state index contributed by atoms with van der Waals surface area (Å²) in [4.78, 5) is 16.6. The second-order valence-corrected chi connectivity index (χ2v) is 6.21. The number of fused-ring (bicyclic) bond motifs is 1. The first-order valence-corrected chi connectivity index (χ1v) is 8.09. The number of para-hydroxylation sites is 2. The van der Waals surface area contributed by atoms with E-state index in [0.717, 1.165) is 42.7 Å². The van der Waals surface area contributed by atoms with Crippen LogP contribution in [0.15, 0.2) is 24.3 Å². The molecule has 1 aliphatic carbocycles. The second-order valence-electron chi connectivity index (χ2n) is 6.21. The summed E-state index contributed by atoms with van der Waals surface area (Å²) in [5.41, 5.74) is 8.14. The molecule has 1 amide bonds. The molecule has 22 heavy (non-hydrogen) atoms. The summed E-state index contributed by atoms with van der Waals surface area (Å²) in [5.74, 6) is 1.45. The highest BCUT2D eigenvalue weighted by Crippen LogP contribution is 2.26. The predicted molar refractivity (Wildman–Crippen MR) is 87.4 cm³/mol. The van der Waals surface area contributed by atoms with Crippen molar-refractivity contribution in [2.24, 2.45) is 11.7 Å². The zero-order chi connectivity index (χ0) is 15.5. The van der Waals surface area contributed by atoms with Crippen LogP contribution in [0.5, 0.6) is 0 Å². The topological polar surface area (TPSA) is 72.9 Å². The van der Waals surface area contributed by atoms with Crippen LogP contribution in [-0.2, 0) is 11.3 Å². The zero-order valence-corrected chi connectivity index (χ0v) is 13.1. The molecule has 0 aliphatic heterocycles. The fourth-order valence-corrected chi connectivity index (χ4v) is 3.41. The minimum atomic E-state index is 0.115. The molecule has 0 bridgehead atoms. The first kappa shape index (κ1) is 15.0. The highest BCUT2D eigenvalue weighted by Gasteiger charge is 2.25. The fraction of sp³-hybridized carbons (Fsp3) is 0.529. The van der Waals surface area contributed by atoms with Gasteiger partial charge in [-0.1, -0.05) is 18.6 Å². The number of aromatic nitrogens is 2. The van der Waals surface area contributed by atoms with Gasteiger partial charge in [0, 0.05) is 25.6 Å². The van der Waals surface area contributed by atoms with E-state index in [1.165, 1.54) is 0 Å². The SMILES string of the molecule is Cc1nc2ccccc2n1CCNC(=O)C[C@@H]1CCC[C@H]1N. The van der Waals surface area contributed by atoms with E-state index in [0.29, 0.717) is 18.9 Å². The van der Waals surface area contributed by atoms with E-state index < -0.39 is 0 Å². The first-order chi connectivity index (χ1) is 10.6. The van der Waals surface area contributed by atoms with E-state index in [1.54, 1.807) is 0 Å². The number of hydrogen-bond donors (Lipinski definition) is 2. The first-order valence-electron chi connectivity index (χ1n) is 8.09. The number of hydrogen-bond acceptors (Lipinski definition) is 3. The number of carbonyl (C=O) groups excluding carboxylic acids is 1. The minimum Gasteiger partial charge on any atom is -0.354 e. The third-order valence-electron chi connectivity index (χ3n) is 4.67. The Kier molecular flexibility index (Phi) is 4.43. The minimum absolute atomic E-state index is 0.115. The molecule has 1 saturated carbocycles. The Morgan fingerprint density at radius 1 is 1.41 bits per heavy atom. The molecule has 0 unspecified atom stereocenters. The summed E-state index contributed by atoms with van der Waals surface area (Å²) < 4.78 is 2.15. The molecule has 1 aromatic heterocycles. The number of nitrogens with two attached hydrogens (primary N) is 1. The average molecular weight is 300 g/mol. The van der Waals surface area contributed by atoms with Crippen LogP contribution < -0.4 is 11.1 Å². The lowest BCUT2D eigenvalue weighted by molar-refractivity contribution is -0.122. The molecule has 2 atom stereocenters. The lowest BCUT2D eigenvalue weighted by Crippen LogP contribution is -2.33. The molecule has 1 aliphatic rings. The Labute approximate surface area is 130 Å². The van der Waals surface area contributed by atoms with Gasteiger partial charge in [-0.15, -0.1) is 0 Å². The van der Waals surface area contributed by atoms with Gasteiger partial charge in [-0.25, -0.2) is 4.98 Å². The molecule has 1 aromatic carbocycles. The molecule has 3 N–H and O–H groups in total. The van der Waals surface area contributed by atoms with Crippen molar-refractivity contribution >= 4 is 16.9 Å². The van der Waals surface area contributed by atoms with Crippen LogP contribution in [-0.4, -0.2) is 28.0 Å². The van der Waals surface area contributed by atoms with Crippen molar-refractivity contribution in [2.75, 3.05) is 6.54 Å². The van der Waals surface area contributed by atoms with Crippen LogP contribution in [0.25, 0.3) is 11.0 Å². The van der Waals surface area contributed by atoms with E-state index in [9.17, 15) is 4.79 Å². The number of nitrogens with zero attached hydrogens (tertiary/aromatic N) is 2. The summed E-state index contributed by atoms with van der Waals surface area (Å²) >= 11 is 0. The smallest absolute Gasteiger partial charge is 0.220 e. The number of rotatable bonds is 5. The van der Waals surface area contributed by atoms with Crippen molar-refractivity contribution in [2.45, 2.75) is 45.2 Å². The van der Waals surface area contributed by atoms with Crippen molar-refractivity contribution in [3.8, 4) is 0 Å². The Hall–Kier alpha value is -1.88. The summed E-state index contributed by atoms with van der Waals surface area (Å²) in [7, 11) is 0. The Morgan fingerprint density at radius 3 is 3.00 bits per heavy atom. The molecule has 0 spiro atoms. The van der Waals surface area contributed by atoms with E-state index in [-0.39, 0.29) is 11.9 Å². The van der Waals surface area contributed by atoms with E-state index >= 15 is 0 Å². The van der Waals surface area contributed by atoms with Gasteiger partial charge in [0.25, 0.3) is 0 Å². The highest BCUT2D eigenvalue weighted by molar-refractivity contribution is 5.77. The molecule has 5 heteroatoms. The Bertz CT molecular complexity index is 664. The van der Waals surface area contributed by atoms with Gasteiger partial charge in [0.1, 0.15) is 5.82 Å². The van der Waals surface area contributed by atoms with Crippen molar-refractivity contribution in [1.82, 2.24) is 14.9 Å². The lowest BCUT2D eigenvalue weighted by atomic mass is 10.00. The third kappa shape index (κ3) is 3.14. The van der Waals surface area contributed by atoms with Crippen LogP contribution in [0.1, 0.15) is 31.5 Å². The average Bonchev–Trinajstić information content (AvgIpc) is 3.03. The quantitative estimate of drug-likeness (QED) is 0.887. The van der Waals surface area contributed by atoms with Gasteiger partial charge in [-0.05, 0) is 37.8 Å². The van der Waals surface area contributed by atoms with Crippen molar-refractivity contribution in [3.63, 3.8) is 0 Å². The normalized spacial score (nSPS) is 21.4. The Balaban J connectivity index is 1.54. The lowest BCUT2D eigenvalue weighted by Gasteiger charge is -2.15. The van der Waals surface area contributed by atoms with Gasteiger partial charge >= 0.3 is 0 Å². The van der Waals surface area contributed by atoms with Gasteiger partial charge in [0.15, 0.2) is 0 Å². The maximum atomic E-state index is 12.0. The summed E-state index contributed by atoms with van der Waals surface area (Å²) in [6.07, 6.45) is 3.85. The summed E-state index contributed by atoms with van der Waals surface area (Å²) in [6.45, 7) is 3.37. The molecular formula is C17H24N4O. The monoisotopic (exact) mass is 300 g/mol. The molecule has 0 saturated heterocycles. The van der Waals surface area contributed by atoms with Crippen molar-refractivity contribution in [1.29, 1.82) is 0 Å².